The van der Waals surface area contributed by atoms with Gasteiger partial charge in [0.15, 0.2) is 0 Å². The SMILES string of the molecule is CCOB(OCC)C1=C([Si](C)(C)C)C=CC1. The van der Waals surface area contributed by atoms with Crippen molar-refractivity contribution in [2.45, 2.75) is 39.9 Å². The third-order valence-corrected chi connectivity index (χ3v) is 4.80. The van der Waals surface area contributed by atoms with Crippen molar-refractivity contribution in [2.24, 2.45) is 0 Å². The molecule has 0 atom stereocenters. The van der Waals surface area contributed by atoms with Gasteiger partial charge in [-0.2, -0.15) is 0 Å². The van der Waals surface area contributed by atoms with Crippen molar-refractivity contribution >= 4 is 15.2 Å². The Morgan fingerprint density at radius 1 is 1.19 bits per heavy atom. The smallest absolute Gasteiger partial charge is 0.408 e. The summed E-state index contributed by atoms with van der Waals surface area (Å²) < 4.78 is 11.4. The highest BCUT2D eigenvalue weighted by Gasteiger charge is 2.32. The maximum atomic E-state index is 5.69. The number of hydrogen-bond donors (Lipinski definition) is 0. The molecule has 2 nitrogen and oxygen atoms in total. The zero-order valence-electron chi connectivity index (χ0n) is 11.2. The molecule has 16 heavy (non-hydrogen) atoms. The van der Waals surface area contributed by atoms with Crippen LogP contribution in [0, 0.1) is 0 Å². The van der Waals surface area contributed by atoms with Gasteiger partial charge >= 0.3 is 7.12 Å². The average Bonchev–Trinajstić information content (AvgIpc) is 2.65. The average molecular weight is 238 g/mol. The van der Waals surface area contributed by atoms with E-state index in [4.69, 9.17) is 9.31 Å². The Bertz CT molecular complexity index is 286. The van der Waals surface area contributed by atoms with Crippen LogP contribution in [0.5, 0.6) is 0 Å². The maximum Gasteiger partial charge on any atom is 0.489 e. The Kier molecular flexibility index (Phi) is 5.02. The van der Waals surface area contributed by atoms with Crippen LogP contribution in [0.1, 0.15) is 20.3 Å². The minimum Gasteiger partial charge on any atom is -0.408 e. The lowest BCUT2D eigenvalue weighted by atomic mass is 9.77. The summed E-state index contributed by atoms with van der Waals surface area (Å²) in [6, 6.07) is 0. The fourth-order valence-electron chi connectivity index (χ4n) is 2.03. The van der Waals surface area contributed by atoms with E-state index in [9.17, 15) is 0 Å². The van der Waals surface area contributed by atoms with E-state index >= 15 is 0 Å². The van der Waals surface area contributed by atoms with Crippen LogP contribution in [-0.4, -0.2) is 28.4 Å². The summed E-state index contributed by atoms with van der Waals surface area (Å²) in [7, 11) is -1.41. The molecule has 0 heterocycles. The van der Waals surface area contributed by atoms with E-state index in [2.05, 4.69) is 31.8 Å². The lowest BCUT2D eigenvalue weighted by molar-refractivity contribution is 0.221. The first-order chi connectivity index (χ1) is 7.50. The molecule has 1 aliphatic carbocycles. The van der Waals surface area contributed by atoms with Gasteiger partial charge in [0.05, 0.1) is 8.07 Å². The van der Waals surface area contributed by atoms with E-state index in [0.717, 1.165) is 6.42 Å². The molecule has 0 aromatic heterocycles. The van der Waals surface area contributed by atoms with Gasteiger partial charge < -0.3 is 9.31 Å². The van der Waals surface area contributed by atoms with Gasteiger partial charge in [-0.1, -0.05) is 37.0 Å². The molecule has 1 aliphatic rings. The molecule has 0 aromatic carbocycles. The molecule has 0 saturated carbocycles. The Morgan fingerprint density at radius 3 is 2.19 bits per heavy atom. The van der Waals surface area contributed by atoms with Gasteiger partial charge in [-0.15, -0.1) is 0 Å². The summed E-state index contributed by atoms with van der Waals surface area (Å²) in [5.74, 6) is 0. The third-order valence-electron chi connectivity index (χ3n) is 2.70. The van der Waals surface area contributed by atoms with Crippen LogP contribution < -0.4 is 0 Å². The van der Waals surface area contributed by atoms with Crippen molar-refractivity contribution < 1.29 is 9.31 Å². The van der Waals surface area contributed by atoms with Crippen LogP contribution in [0.4, 0.5) is 0 Å². The van der Waals surface area contributed by atoms with Gasteiger partial charge in [0.2, 0.25) is 0 Å². The van der Waals surface area contributed by atoms with Gasteiger partial charge in [0.1, 0.15) is 0 Å². The summed E-state index contributed by atoms with van der Waals surface area (Å²) in [5, 5.41) is 1.50. The van der Waals surface area contributed by atoms with E-state index in [1.165, 1.54) is 10.7 Å². The number of allylic oxidation sites excluding steroid dienone is 4. The predicted octanol–water partition coefficient (Wildman–Crippen LogP) is 3.22. The highest BCUT2D eigenvalue weighted by molar-refractivity contribution is 6.85. The normalized spacial score (nSPS) is 16.1. The summed E-state index contributed by atoms with van der Waals surface area (Å²) in [6.07, 6.45) is 5.49. The zero-order valence-corrected chi connectivity index (χ0v) is 12.2. The monoisotopic (exact) mass is 238 g/mol. The Morgan fingerprint density at radius 2 is 1.75 bits per heavy atom. The predicted molar refractivity (Wildman–Crippen MR) is 73.1 cm³/mol. The minimum absolute atomic E-state index is 0.133. The van der Waals surface area contributed by atoms with Crippen LogP contribution in [0.2, 0.25) is 19.6 Å². The molecule has 4 heteroatoms. The second-order valence-corrected chi connectivity index (χ2v) is 10.1. The molecule has 0 amide bonds. The molecule has 0 radical (unpaired) electrons. The quantitative estimate of drug-likeness (QED) is 0.661. The minimum atomic E-state index is -1.28. The van der Waals surface area contributed by atoms with Gasteiger partial charge in [-0.25, -0.2) is 0 Å². The first-order valence-corrected chi connectivity index (χ1v) is 9.64. The lowest BCUT2D eigenvalue weighted by Gasteiger charge is -2.22. The molecular formula is C12H23BO2Si. The lowest BCUT2D eigenvalue weighted by Crippen LogP contribution is -2.31. The van der Waals surface area contributed by atoms with Crippen molar-refractivity contribution in [3.8, 4) is 0 Å². The zero-order chi connectivity index (χ0) is 12.2. The van der Waals surface area contributed by atoms with E-state index < -0.39 is 8.07 Å². The Hall–Kier alpha value is -0.318. The van der Waals surface area contributed by atoms with Crippen molar-refractivity contribution in [2.75, 3.05) is 13.2 Å². The fraction of sp³-hybridized carbons (Fsp3) is 0.667. The van der Waals surface area contributed by atoms with Gasteiger partial charge in [-0.3, -0.25) is 0 Å². The molecule has 0 bridgehead atoms. The van der Waals surface area contributed by atoms with Crippen LogP contribution in [0.25, 0.3) is 0 Å². The summed E-state index contributed by atoms with van der Waals surface area (Å²) in [4.78, 5) is 0. The van der Waals surface area contributed by atoms with Crippen LogP contribution in [-0.2, 0) is 9.31 Å². The first-order valence-electron chi connectivity index (χ1n) is 6.14. The van der Waals surface area contributed by atoms with E-state index in [-0.39, 0.29) is 7.12 Å². The van der Waals surface area contributed by atoms with Crippen molar-refractivity contribution in [3.05, 3.63) is 22.8 Å². The molecular weight excluding hydrogens is 215 g/mol. The fourth-order valence-corrected chi connectivity index (χ4v) is 3.83. The first kappa shape index (κ1) is 13.7. The number of rotatable bonds is 6. The Balaban J connectivity index is 2.90. The van der Waals surface area contributed by atoms with Crippen LogP contribution in [0.3, 0.4) is 0 Å². The van der Waals surface area contributed by atoms with Crippen molar-refractivity contribution in [3.63, 3.8) is 0 Å². The molecule has 1 rings (SSSR count). The molecule has 0 aromatic rings. The molecule has 90 valence electrons. The van der Waals surface area contributed by atoms with Gasteiger partial charge in [0.25, 0.3) is 0 Å². The highest BCUT2D eigenvalue weighted by atomic mass is 28.3. The van der Waals surface area contributed by atoms with Crippen LogP contribution in [0.15, 0.2) is 22.8 Å². The standard InChI is InChI=1S/C12H23BO2Si/c1-6-14-13(15-7-2)11-9-8-10-12(11)16(3,4)5/h8,10H,6-7,9H2,1-5H3. The maximum absolute atomic E-state index is 5.69. The van der Waals surface area contributed by atoms with Gasteiger partial charge in [0, 0.05) is 13.2 Å². The third kappa shape index (κ3) is 3.34. The summed E-state index contributed by atoms with van der Waals surface area (Å²) in [6.45, 7) is 12.5. The number of hydrogen-bond acceptors (Lipinski definition) is 2. The molecule has 0 saturated heterocycles. The largest absolute Gasteiger partial charge is 0.489 e. The summed E-state index contributed by atoms with van der Waals surface area (Å²) >= 11 is 0. The highest BCUT2D eigenvalue weighted by Crippen LogP contribution is 2.29. The Labute approximate surface area is 101 Å². The molecule has 0 N–H and O–H groups in total. The second kappa shape index (κ2) is 5.85. The second-order valence-electron chi connectivity index (χ2n) is 5.04. The molecule has 0 spiro atoms. The van der Waals surface area contributed by atoms with E-state index in [1.807, 2.05) is 13.8 Å². The molecule has 0 fully saturated rings. The van der Waals surface area contributed by atoms with E-state index in [1.54, 1.807) is 0 Å². The van der Waals surface area contributed by atoms with E-state index in [0.29, 0.717) is 13.2 Å². The van der Waals surface area contributed by atoms with Crippen molar-refractivity contribution in [1.29, 1.82) is 0 Å². The van der Waals surface area contributed by atoms with Crippen molar-refractivity contribution in [1.82, 2.24) is 0 Å². The van der Waals surface area contributed by atoms with Crippen LogP contribution >= 0.6 is 0 Å². The molecule has 0 aliphatic heterocycles. The molecule has 0 unspecified atom stereocenters. The summed E-state index contributed by atoms with van der Waals surface area (Å²) in [5.41, 5.74) is 1.35. The topological polar surface area (TPSA) is 18.5 Å². The van der Waals surface area contributed by atoms with Gasteiger partial charge in [-0.05, 0) is 25.7 Å².